The van der Waals surface area contributed by atoms with Gasteiger partial charge in [-0.3, -0.25) is 14.5 Å². The van der Waals surface area contributed by atoms with Crippen molar-refractivity contribution < 1.29 is 9.59 Å². The first-order valence-electron chi connectivity index (χ1n) is 7.33. The topological polar surface area (TPSA) is 40.6 Å². The number of carbonyl (C=O) groups excluding carboxylic acids is 2. The summed E-state index contributed by atoms with van der Waals surface area (Å²) in [5.41, 5.74) is 0.989. The van der Waals surface area contributed by atoms with Crippen LogP contribution in [0.2, 0.25) is 20.1 Å². The van der Waals surface area contributed by atoms with Crippen LogP contribution in [0.25, 0.3) is 0 Å². The molecule has 0 aliphatic carbocycles. The van der Waals surface area contributed by atoms with Crippen molar-refractivity contribution in [2.75, 3.05) is 25.0 Å². The number of para-hydroxylation sites is 1. The number of halogens is 4. The van der Waals surface area contributed by atoms with E-state index in [1.165, 1.54) is 0 Å². The first-order chi connectivity index (χ1) is 11.8. The number of imide groups is 1. The summed E-state index contributed by atoms with van der Waals surface area (Å²) in [6, 6.07) is 9.62. The third kappa shape index (κ3) is 3.08. The van der Waals surface area contributed by atoms with Crippen molar-refractivity contribution in [2.24, 2.45) is 0 Å². The lowest BCUT2D eigenvalue weighted by Gasteiger charge is -2.22. The Morgan fingerprint density at radius 3 is 1.80 bits per heavy atom. The predicted molar refractivity (Wildman–Crippen MR) is 102 cm³/mol. The van der Waals surface area contributed by atoms with E-state index in [-0.39, 0.29) is 37.8 Å². The summed E-state index contributed by atoms with van der Waals surface area (Å²) in [5.74, 6) is -1.04. The summed E-state index contributed by atoms with van der Waals surface area (Å²) in [5, 5.41) is -0.167. The van der Waals surface area contributed by atoms with Crippen LogP contribution in [-0.4, -0.2) is 36.9 Å². The van der Waals surface area contributed by atoms with Gasteiger partial charge in [0.25, 0.3) is 11.8 Å². The van der Waals surface area contributed by atoms with Crippen LogP contribution in [0.1, 0.15) is 20.7 Å². The molecule has 2 aromatic rings. The van der Waals surface area contributed by atoms with E-state index in [4.69, 9.17) is 46.4 Å². The molecule has 2 aromatic carbocycles. The highest BCUT2D eigenvalue weighted by Gasteiger charge is 2.41. The molecule has 0 radical (unpaired) electrons. The summed E-state index contributed by atoms with van der Waals surface area (Å²) >= 11 is 24.2. The fraction of sp³-hybridized carbons (Fsp3) is 0.176. The van der Waals surface area contributed by atoms with Gasteiger partial charge in [-0.25, -0.2) is 0 Å². The van der Waals surface area contributed by atoms with Crippen LogP contribution in [0.4, 0.5) is 5.69 Å². The monoisotopic (exact) mass is 416 g/mol. The first-order valence-corrected chi connectivity index (χ1v) is 8.84. The molecule has 0 atom stereocenters. The Morgan fingerprint density at radius 1 is 0.840 bits per heavy atom. The van der Waals surface area contributed by atoms with E-state index >= 15 is 0 Å². The fourth-order valence-electron chi connectivity index (χ4n) is 2.66. The number of amides is 2. The molecule has 0 bridgehead atoms. The number of hydrogen-bond acceptors (Lipinski definition) is 3. The average Bonchev–Trinajstić information content (AvgIpc) is 2.87. The van der Waals surface area contributed by atoms with Crippen LogP contribution in [-0.2, 0) is 0 Å². The minimum Gasteiger partial charge on any atom is -0.373 e. The largest absolute Gasteiger partial charge is 0.373 e. The van der Waals surface area contributed by atoms with Crippen molar-refractivity contribution in [3.63, 3.8) is 0 Å². The van der Waals surface area contributed by atoms with E-state index in [1.807, 2.05) is 42.3 Å². The van der Waals surface area contributed by atoms with Crippen LogP contribution < -0.4 is 4.90 Å². The van der Waals surface area contributed by atoms with Gasteiger partial charge in [-0.05, 0) is 12.1 Å². The lowest BCUT2D eigenvalue weighted by Crippen LogP contribution is -2.37. The van der Waals surface area contributed by atoms with Crippen LogP contribution in [0.5, 0.6) is 0 Å². The van der Waals surface area contributed by atoms with E-state index in [2.05, 4.69) is 0 Å². The minimum absolute atomic E-state index is 0.00781. The summed E-state index contributed by atoms with van der Waals surface area (Å²) in [4.78, 5) is 28.3. The van der Waals surface area contributed by atoms with Gasteiger partial charge in [-0.15, -0.1) is 0 Å². The average molecular weight is 418 g/mol. The summed E-state index contributed by atoms with van der Waals surface area (Å²) in [6.07, 6.45) is 0. The number of nitrogens with zero attached hydrogens (tertiary/aromatic N) is 2. The highest BCUT2D eigenvalue weighted by Crippen LogP contribution is 2.44. The molecule has 1 heterocycles. The second kappa shape index (κ2) is 7.04. The number of benzene rings is 2. The smallest absolute Gasteiger partial charge is 0.263 e. The van der Waals surface area contributed by atoms with Crippen LogP contribution >= 0.6 is 46.4 Å². The molecule has 0 unspecified atom stereocenters. The van der Waals surface area contributed by atoms with Crippen LogP contribution in [0.3, 0.4) is 0 Å². The molecular formula is C17H12Cl4N2O2. The molecule has 25 heavy (non-hydrogen) atoms. The van der Waals surface area contributed by atoms with Crippen molar-refractivity contribution in [1.82, 2.24) is 4.90 Å². The Hall–Kier alpha value is -1.46. The van der Waals surface area contributed by atoms with Gasteiger partial charge in [-0.2, -0.15) is 0 Å². The van der Waals surface area contributed by atoms with E-state index < -0.39 is 11.8 Å². The van der Waals surface area contributed by atoms with Gasteiger partial charge in [-0.1, -0.05) is 64.6 Å². The molecule has 130 valence electrons. The highest BCUT2D eigenvalue weighted by molar-refractivity contribution is 6.55. The zero-order chi connectivity index (χ0) is 18.3. The Bertz CT molecular complexity index is 824. The van der Waals surface area contributed by atoms with Crippen molar-refractivity contribution in [3.8, 4) is 0 Å². The van der Waals surface area contributed by atoms with Gasteiger partial charge in [0.2, 0.25) is 0 Å². The van der Waals surface area contributed by atoms with Gasteiger partial charge < -0.3 is 4.90 Å². The zero-order valence-corrected chi connectivity index (χ0v) is 16.0. The van der Waals surface area contributed by atoms with Gasteiger partial charge in [0.05, 0.1) is 31.2 Å². The Kier molecular flexibility index (Phi) is 5.16. The third-order valence-electron chi connectivity index (χ3n) is 4.04. The Morgan fingerprint density at radius 2 is 1.32 bits per heavy atom. The van der Waals surface area contributed by atoms with Gasteiger partial charge in [0.1, 0.15) is 0 Å². The third-order valence-corrected chi connectivity index (χ3v) is 5.84. The predicted octanol–water partition coefficient (Wildman–Crippen LogP) is 5.03. The van der Waals surface area contributed by atoms with Gasteiger partial charge >= 0.3 is 0 Å². The molecule has 0 aromatic heterocycles. The van der Waals surface area contributed by atoms with Gasteiger partial charge in [0, 0.05) is 25.8 Å². The van der Waals surface area contributed by atoms with E-state index in [0.29, 0.717) is 6.54 Å². The molecule has 2 amide bonds. The van der Waals surface area contributed by atoms with Crippen molar-refractivity contribution >= 4 is 63.9 Å². The lowest BCUT2D eigenvalue weighted by molar-refractivity contribution is 0.0659. The maximum atomic E-state index is 12.6. The molecule has 1 aliphatic rings. The van der Waals surface area contributed by atoms with E-state index in [9.17, 15) is 9.59 Å². The molecule has 0 saturated heterocycles. The van der Waals surface area contributed by atoms with Crippen molar-refractivity contribution in [3.05, 3.63) is 61.5 Å². The molecule has 0 saturated carbocycles. The Labute approximate surface area is 164 Å². The first kappa shape index (κ1) is 18.3. The minimum atomic E-state index is -0.521. The van der Waals surface area contributed by atoms with Crippen LogP contribution in [0.15, 0.2) is 30.3 Å². The maximum absolute atomic E-state index is 12.6. The molecule has 8 heteroatoms. The number of anilines is 1. The second-order valence-corrected chi connectivity index (χ2v) is 7.04. The lowest BCUT2D eigenvalue weighted by atomic mass is 10.1. The van der Waals surface area contributed by atoms with Crippen LogP contribution in [0, 0.1) is 0 Å². The molecule has 1 aliphatic heterocycles. The van der Waals surface area contributed by atoms with Crippen molar-refractivity contribution in [2.45, 2.75) is 0 Å². The summed E-state index contributed by atoms with van der Waals surface area (Å²) in [7, 11) is 1.88. The number of rotatable bonds is 4. The standard InChI is InChI=1S/C17H12Cl4N2O2/c1-22(9-5-3-2-4-6-9)7-8-23-16(24)10-11(17(23)25)13(19)15(21)14(20)12(10)18/h2-6H,7-8H2,1H3. The molecule has 0 fully saturated rings. The maximum Gasteiger partial charge on any atom is 0.263 e. The Balaban J connectivity index is 1.86. The van der Waals surface area contributed by atoms with E-state index in [1.54, 1.807) is 0 Å². The fourth-order valence-corrected chi connectivity index (χ4v) is 3.67. The summed E-state index contributed by atoms with van der Waals surface area (Å²) in [6.45, 7) is 0.631. The number of likely N-dealkylation sites (N-methyl/N-ethyl adjacent to an activating group) is 1. The molecule has 4 nitrogen and oxygen atoms in total. The zero-order valence-electron chi connectivity index (χ0n) is 13.0. The molecular weight excluding hydrogens is 406 g/mol. The van der Waals surface area contributed by atoms with Crippen molar-refractivity contribution in [1.29, 1.82) is 0 Å². The summed E-state index contributed by atoms with van der Waals surface area (Å²) < 4.78 is 0. The quantitative estimate of drug-likeness (QED) is 0.397. The molecule has 3 rings (SSSR count). The number of hydrogen-bond donors (Lipinski definition) is 0. The second-order valence-electron chi connectivity index (χ2n) is 5.52. The normalized spacial score (nSPS) is 13.4. The molecule has 0 spiro atoms. The SMILES string of the molecule is CN(CCN1C(=O)c2c(Cl)c(Cl)c(Cl)c(Cl)c2C1=O)c1ccccc1. The highest BCUT2D eigenvalue weighted by atomic mass is 35.5. The number of carbonyl (C=O) groups is 2. The molecule has 0 N–H and O–H groups in total. The van der Waals surface area contributed by atoms with E-state index in [0.717, 1.165) is 10.6 Å². The number of fused-ring (bicyclic) bond motifs is 1. The van der Waals surface area contributed by atoms with Gasteiger partial charge in [0.15, 0.2) is 0 Å².